The zero-order valence-electron chi connectivity index (χ0n) is 14.9. The molecule has 2 aromatic rings. The van der Waals surface area contributed by atoms with E-state index in [-0.39, 0.29) is 11.7 Å². The van der Waals surface area contributed by atoms with Gasteiger partial charge in [0, 0.05) is 12.2 Å². The third kappa shape index (κ3) is 4.00. The van der Waals surface area contributed by atoms with Crippen LogP contribution in [0.4, 0.5) is 4.39 Å². The molecule has 1 aromatic heterocycles. The van der Waals surface area contributed by atoms with E-state index in [2.05, 4.69) is 10.4 Å². The molecule has 0 radical (unpaired) electrons. The summed E-state index contributed by atoms with van der Waals surface area (Å²) in [6.45, 7) is 7.12. The maximum atomic E-state index is 13.5. The number of aryl methyl sites for hydroxylation is 1. The second-order valence-corrected chi connectivity index (χ2v) is 6.23. The van der Waals surface area contributed by atoms with Crippen LogP contribution in [0.15, 0.2) is 24.3 Å². The van der Waals surface area contributed by atoms with Crippen LogP contribution in [-0.4, -0.2) is 41.2 Å². The van der Waals surface area contributed by atoms with E-state index < -0.39 is 6.04 Å². The summed E-state index contributed by atoms with van der Waals surface area (Å²) in [6.07, 6.45) is 0. The first-order valence-corrected chi connectivity index (χ1v) is 8.01. The highest BCUT2D eigenvalue weighted by Gasteiger charge is 2.23. The summed E-state index contributed by atoms with van der Waals surface area (Å²) in [6, 6.07) is 5.63. The molecule has 0 aliphatic rings. The van der Waals surface area contributed by atoms with E-state index in [0.717, 1.165) is 11.4 Å². The first-order chi connectivity index (χ1) is 11.3. The minimum Gasteiger partial charge on any atom is -0.353 e. The van der Waals surface area contributed by atoms with Gasteiger partial charge < -0.3 is 5.32 Å². The van der Waals surface area contributed by atoms with Crippen LogP contribution < -0.4 is 5.32 Å². The second kappa shape index (κ2) is 7.57. The Labute approximate surface area is 142 Å². The molecule has 0 saturated carbocycles. The van der Waals surface area contributed by atoms with Gasteiger partial charge in [-0.1, -0.05) is 12.1 Å². The van der Waals surface area contributed by atoms with Gasteiger partial charge in [-0.2, -0.15) is 5.10 Å². The monoisotopic (exact) mass is 332 g/mol. The van der Waals surface area contributed by atoms with Crippen molar-refractivity contribution in [2.75, 3.05) is 20.6 Å². The fourth-order valence-electron chi connectivity index (χ4n) is 2.75. The molecule has 1 N–H and O–H groups in total. The number of hydrogen-bond acceptors (Lipinski definition) is 3. The molecule has 0 spiro atoms. The van der Waals surface area contributed by atoms with E-state index in [4.69, 9.17) is 0 Å². The highest BCUT2D eigenvalue weighted by molar-refractivity contribution is 5.83. The SMILES string of the molecule is Cc1nn(CCNC(=O)C(c2cccc(F)c2)N(C)C)c(C)c1C. The van der Waals surface area contributed by atoms with Gasteiger partial charge in [0.1, 0.15) is 11.9 Å². The third-order valence-electron chi connectivity index (χ3n) is 4.30. The first kappa shape index (κ1) is 18.1. The van der Waals surface area contributed by atoms with E-state index in [9.17, 15) is 9.18 Å². The molecule has 1 aromatic carbocycles. The van der Waals surface area contributed by atoms with Crippen molar-refractivity contribution in [1.82, 2.24) is 20.0 Å². The van der Waals surface area contributed by atoms with Gasteiger partial charge in [0.2, 0.25) is 5.91 Å². The topological polar surface area (TPSA) is 50.2 Å². The predicted octanol–water partition coefficient (Wildman–Crippen LogP) is 2.37. The summed E-state index contributed by atoms with van der Waals surface area (Å²) in [7, 11) is 3.61. The number of rotatable bonds is 6. The van der Waals surface area contributed by atoms with E-state index in [1.807, 2.05) is 25.5 Å². The normalized spacial score (nSPS) is 12.5. The van der Waals surface area contributed by atoms with Gasteiger partial charge in [-0.15, -0.1) is 0 Å². The maximum absolute atomic E-state index is 13.5. The Hall–Kier alpha value is -2.21. The molecule has 5 nitrogen and oxygen atoms in total. The van der Waals surface area contributed by atoms with Crippen molar-refractivity contribution in [3.63, 3.8) is 0 Å². The average molecular weight is 332 g/mol. The lowest BCUT2D eigenvalue weighted by molar-refractivity contribution is -0.125. The molecule has 0 fully saturated rings. The number of nitrogens with zero attached hydrogens (tertiary/aromatic N) is 3. The summed E-state index contributed by atoms with van der Waals surface area (Å²) in [4.78, 5) is 14.3. The Kier molecular flexibility index (Phi) is 5.72. The summed E-state index contributed by atoms with van der Waals surface area (Å²) < 4.78 is 15.4. The van der Waals surface area contributed by atoms with Crippen molar-refractivity contribution in [2.24, 2.45) is 0 Å². The number of nitrogens with one attached hydrogen (secondary N) is 1. The van der Waals surface area contributed by atoms with Gasteiger partial charge in [-0.25, -0.2) is 4.39 Å². The number of carbonyl (C=O) groups excluding carboxylic acids is 1. The Morgan fingerprint density at radius 2 is 2.04 bits per heavy atom. The molecule has 2 rings (SSSR count). The molecule has 6 heteroatoms. The van der Waals surface area contributed by atoms with Crippen LogP contribution in [0, 0.1) is 26.6 Å². The van der Waals surface area contributed by atoms with Crippen molar-refractivity contribution in [2.45, 2.75) is 33.4 Å². The lowest BCUT2D eigenvalue weighted by Crippen LogP contribution is -2.38. The number of halogens is 1. The molecule has 0 aliphatic heterocycles. The molecule has 1 unspecified atom stereocenters. The van der Waals surface area contributed by atoms with Gasteiger partial charge >= 0.3 is 0 Å². The van der Waals surface area contributed by atoms with Crippen LogP contribution in [-0.2, 0) is 11.3 Å². The van der Waals surface area contributed by atoms with Gasteiger partial charge in [0.15, 0.2) is 0 Å². The summed E-state index contributed by atoms with van der Waals surface area (Å²) in [5.74, 6) is -0.492. The van der Waals surface area contributed by atoms with Crippen LogP contribution in [0.25, 0.3) is 0 Å². The van der Waals surface area contributed by atoms with Crippen LogP contribution in [0.2, 0.25) is 0 Å². The van der Waals surface area contributed by atoms with Crippen LogP contribution >= 0.6 is 0 Å². The van der Waals surface area contributed by atoms with Crippen LogP contribution in [0.1, 0.15) is 28.6 Å². The molecule has 24 heavy (non-hydrogen) atoms. The summed E-state index contributed by atoms with van der Waals surface area (Å²) in [5.41, 5.74) is 3.92. The van der Waals surface area contributed by atoms with E-state index in [0.29, 0.717) is 18.7 Å². The van der Waals surface area contributed by atoms with Crippen molar-refractivity contribution in [1.29, 1.82) is 0 Å². The third-order valence-corrected chi connectivity index (χ3v) is 4.30. The number of benzene rings is 1. The largest absolute Gasteiger partial charge is 0.353 e. The van der Waals surface area contributed by atoms with E-state index in [1.54, 1.807) is 31.1 Å². The Balaban J connectivity index is 2.02. The number of carbonyl (C=O) groups is 1. The van der Waals surface area contributed by atoms with Gasteiger partial charge in [-0.05, 0) is 58.1 Å². The molecular formula is C18H25FN4O. The lowest BCUT2D eigenvalue weighted by atomic mass is 10.1. The van der Waals surface area contributed by atoms with Gasteiger partial charge in [0.05, 0.1) is 12.2 Å². The number of aromatic nitrogens is 2. The molecular weight excluding hydrogens is 307 g/mol. The van der Waals surface area contributed by atoms with Crippen molar-refractivity contribution in [3.8, 4) is 0 Å². The Morgan fingerprint density at radius 1 is 1.33 bits per heavy atom. The van der Waals surface area contributed by atoms with Gasteiger partial charge in [-0.3, -0.25) is 14.4 Å². The fraction of sp³-hybridized carbons (Fsp3) is 0.444. The molecule has 1 atom stereocenters. The molecule has 0 aliphatic carbocycles. The quantitative estimate of drug-likeness (QED) is 0.883. The minimum absolute atomic E-state index is 0.149. The molecule has 130 valence electrons. The highest BCUT2D eigenvalue weighted by atomic mass is 19.1. The Morgan fingerprint density at radius 3 is 2.58 bits per heavy atom. The zero-order valence-corrected chi connectivity index (χ0v) is 14.9. The van der Waals surface area contributed by atoms with Crippen LogP contribution in [0.3, 0.4) is 0 Å². The van der Waals surface area contributed by atoms with Gasteiger partial charge in [0.25, 0.3) is 0 Å². The summed E-state index contributed by atoms with van der Waals surface area (Å²) >= 11 is 0. The minimum atomic E-state index is -0.525. The standard InChI is InChI=1S/C18H25FN4O/c1-12-13(2)21-23(14(12)3)10-9-20-18(24)17(22(4)5)15-7-6-8-16(19)11-15/h6-8,11,17H,9-10H2,1-5H3,(H,20,24). The molecule has 0 saturated heterocycles. The molecule has 0 bridgehead atoms. The molecule has 1 heterocycles. The second-order valence-electron chi connectivity index (χ2n) is 6.23. The predicted molar refractivity (Wildman–Crippen MR) is 92.3 cm³/mol. The van der Waals surface area contributed by atoms with Crippen LogP contribution in [0.5, 0.6) is 0 Å². The van der Waals surface area contributed by atoms with Crippen molar-refractivity contribution < 1.29 is 9.18 Å². The number of hydrogen-bond donors (Lipinski definition) is 1. The van der Waals surface area contributed by atoms with Crippen molar-refractivity contribution >= 4 is 5.91 Å². The number of likely N-dealkylation sites (N-methyl/N-ethyl adjacent to an activating group) is 1. The number of amides is 1. The summed E-state index contributed by atoms with van der Waals surface area (Å²) in [5, 5.41) is 7.38. The van der Waals surface area contributed by atoms with E-state index >= 15 is 0 Å². The average Bonchev–Trinajstić information content (AvgIpc) is 2.74. The highest BCUT2D eigenvalue weighted by Crippen LogP contribution is 2.19. The van der Waals surface area contributed by atoms with Crippen molar-refractivity contribution in [3.05, 3.63) is 52.6 Å². The molecule has 1 amide bonds. The zero-order chi connectivity index (χ0) is 17.9. The fourth-order valence-corrected chi connectivity index (χ4v) is 2.75. The Bertz CT molecular complexity index is 724. The lowest BCUT2D eigenvalue weighted by Gasteiger charge is -2.24. The first-order valence-electron chi connectivity index (χ1n) is 8.01. The van der Waals surface area contributed by atoms with E-state index in [1.165, 1.54) is 17.7 Å². The smallest absolute Gasteiger partial charge is 0.242 e. The maximum Gasteiger partial charge on any atom is 0.242 e.